The third-order valence-electron chi connectivity index (χ3n) is 10.8. The van der Waals surface area contributed by atoms with E-state index in [2.05, 4.69) is 156 Å². The Bertz CT molecular complexity index is 1940. The molecule has 4 aromatic carbocycles. The second kappa shape index (κ2) is 15.6. The number of hydrogen-bond donors (Lipinski definition) is 0. The van der Waals surface area contributed by atoms with Crippen LogP contribution in [0.15, 0.2) is 146 Å². The van der Waals surface area contributed by atoms with E-state index in [1.165, 1.54) is 74.9 Å². The second-order valence-corrected chi connectivity index (χ2v) is 13.9. The van der Waals surface area contributed by atoms with Gasteiger partial charge in [-0.15, -0.1) is 6.58 Å². The van der Waals surface area contributed by atoms with Crippen LogP contribution in [0.1, 0.15) is 83.8 Å². The number of benzene rings is 4. The number of hydrogen-bond acceptors (Lipinski definition) is 1. The molecule has 0 saturated carbocycles. The average molecular weight is 642 g/mol. The number of allylic oxidation sites excluding steroid dienone is 5. The van der Waals surface area contributed by atoms with Crippen molar-refractivity contribution in [1.82, 2.24) is 4.98 Å². The lowest BCUT2D eigenvalue weighted by molar-refractivity contribution is 0.401. The van der Waals surface area contributed by atoms with Crippen molar-refractivity contribution < 1.29 is 0 Å². The maximum absolute atomic E-state index is 4.83. The Balaban J connectivity index is 1.46. The molecule has 248 valence electrons. The molecule has 49 heavy (non-hydrogen) atoms. The minimum absolute atomic E-state index is 0.0279. The highest BCUT2D eigenvalue weighted by atomic mass is 14.7. The molecule has 1 unspecified atom stereocenters. The van der Waals surface area contributed by atoms with Gasteiger partial charge in [-0.1, -0.05) is 125 Å². The molecule has 1 atom stereocenters. The largest absolute Gasteiger partial charge is 0.256 e. The molecule has 6 rings (SSSR count). The molecule has 0 radical (unpaired) electrons. The maximum atomic E-state index is 4.83. The standard InChI is InChI=1S/C48H51N/c1-6-10-17-36-23-25-44(35(5)29-36)43-32-41(37-18-12-11-13-19-37)31-42(33-43)39-21-16-20-38(30-39)40-24-26-46(48(8-3,9-4)27-7-2)45(34-40)47-22-14-15-28-49-47/h7,11-16,18-26,28,30-35H,2,6,8-10,17,27,29H2,1,3-5H3. The second-order valence-electron chi connectivity index (χ2n) is 13.9. The minimum Gasteiger partial charge on any atom is -0.256 e. The van der Waals surface area contributed by atoms with Crippen molar-refractivity contribution >= 4 is 5.57 Å². The van der Waals surface area contributed by atoms with Crippen molar-refractivity contribution in [2.75, 3.05) is 0 Å². The summed E-state index contributed by atoms with van der Waals surface area (Å²) in [5.74, 6) is 0.491. The van der Waals surface area contributed by atoms with E-state index in [4.69, 9.17) is 4.98 Å². The lowest BCUT2D eigenvalue weighted by Crippen LogP contribution is -2.24. The topological polar surface area (TPSA) is 12.9 Å². The number of nitrogens with zero attached hydrogens (tertiary/aromatic N) is 1. The molecule has 0 fully saturated rings. The molecular weight excluding hydrogens is 591 g/mol. The first-order chi connectivity index (χ1) is 24.0. The SMILES string of the molecule is C=CCC(CC)(CC)c1ccc(-c2cccc(-c3cc(C4=CC=C(CCCC)CC4C)cc(-c4ccccc4)c3)c2)cc1-c1ccccn1. The van der Waals surface area contributed by atoms with Gasteiger partial charge in [-0.05, 0) is 142 Å². The van der Waals surface area contributed by atoms with Gasteiger partial charge in [0.25, 0.3) is 0 Å². The number of aromatic nitrogens is 1. The molecule has 0 amide bonds. The lowest BCUT2D eigenvalue weighted by atomic mass is 9.71. The highest BCUT2D eigenvalue weighted by Gasteiger charge is 2.30. The minimum atomic E-state index is 0.0279. The molecule has 1 aliphatic rings. The van der Waals surface area contributed by atoms with Crippen LogP contribution in [0, 0.1) is 5.92 Å². The van der Waals surface area contributed by atoms with Crippen molar-refractivity contribution in [1.29, 1.82) is 0 Å². The van der Waals surface area contributed by atoms with Crippen molar-refractivity contribution in [2.24, 2.45) is 5.92 Å². The summed E-state index contributed by atoms with van der Waals surface area (Å²) in [7, 11) is 0. The first-order valence-electron chi connectivity index (χ1n) is 18.4. The van der Waals surface area contributed by atoms with Crippen LogP contribution in [0.25, 0.3) is 50.2 Å². The van der Waals surface area contributed by atoms with Crippen LogP contribution < -0.4 is 0 Å². The molecule has 0 N–H and O–H groups in total. The van der Waals surface area contributed by atoms with Gasteiger partial charge in [-0.3, -0.25) is 4.98 Å². The first kappa shape index (κ1) is 34.1. The summed E-state index contributed by atoms with van der Waals surface area (Å²) in [5, 5.41) is 0. The highest BCUT2D eigenvalue weighted by Crippen LogP contribution is 2.43. The highest BCUT2D eigenvalue weighted by molar-refractivity contribution is 5.84. The Morgan fingerprint density at radius 2 is 1.35 bits per heavy atom. The van der Waals surface area contributed by atoms with Crippen LogP contribution in [-0.2, 0) is 5.41 Å². The van der Waals surface area contributed by atoms with Gasteiger partial charge >= 0.3 is 0 Å². The van der Waals surface area contributed by atoms with E-state index in [1.54, 1.807) is 5.57 Å². The molecule has 5 aromatic rings. The van der Waals surface area contributed by atoms with E-state index < -0.39 is 0 Å². The zero-order valence-electron chi connectivity index (χ0n) is 29.9. The van der Waals surface area contributed by atoms with Gasteiger partial charge in [0.05, 0.1) is 5.69 Å². The Morgan fingerprint density at radius 3 is 2.02 bits per heavy atom. The van der Waals surface area contributed by atoms with Crippen LogP contribution in [-0.4, -0.2) is 4.98 Å². The fraction of sp³-hybridized carbons (Fsp3) is 0.271. The maximum Gasteiger partial charge on any atom is 0.0705 e. The van der Waals surface area contributed by atoms with E-state index in [9.17, 15) is 0 Å². The summed E-state index contributed by atoms with van der Waals surface area (Å²) in [6.07, 6.45) is 16.7. The van der Waals surface area contributed by atoms with Gasteiger partial charge in [0.1, 0.15) is 0 Å². The molecule has 0 bridgehead atoms. The van der Waals surface area contributed by atoms with Crippen LogP contribution in [0.3, 0.4) is 0 Å². The third-order valence-corrected chi connectivity index (χ3v) is 10.8. The summed E-state index contributed by atoms with van der Waals surface area (Å²) in [6.45, 7) is 13.4. The Hall–Kier alpha value is -4.75. The van der Waals surface area contributed by atoms with E-state index in [0.717, 1.165) is 31.4 Å². The zero-order valence-corrected chi connectivity index (χ0v) is 29.9. The van der Waals surface area contributed by atoms with E-state index in [0.29, 0.717) is 5.92 Å². The third kappa shape index (κ3) is 7.47. The van der Waals surface area contributed by atoms with E-state index >= 15 is 0 Å². The predicted molar refractivity (Wildman–Crippen MR) is 212 cm³/mol. The van der Waals surface area contributed by atoms with Crippen molar-refractivity contribution in [2.45, 2.75) is 78.1 Å². The molecule has 1 nitrogen and oxygen atoms in total. The van der Waals surface area contributed by atoms with E-state index in [-0.39, 0.29) is 5.41 Å². The van der Waals surface area contributed by atoms with Crippen molar-refractivity contribution in [3.63, 3.8) is 0 Å². The summed E-state index contributed by atoms with van der Waals surface area (Å²) >= 11 is 0. The smallest absolute Gasteiger partial charge is 0.0705 e. The Morgan fingerprint density at radius 1 is 0.694 bits per heavy atom. The first-order valence-corrected chi connectivity index (χ1v) is 18.4. The fourth-order valence-electron chi connectivity index (χ4n) is 7.78. The Labute approximate surface area is 295 Å². The molecule has 1 aliphatic carbocycles. The number of pyridine rings is 1. The van der Waals surface area contributed by atoms with Gasteiger partial charge in [-0.2, -0.15) is 0 Å². The number of rotatable bonds is 13. The monoisotopic (exact) mass is 641 g/mol. The van der Waals surface area contributed by atoms with Crippen LogP contribution >= 0.6 is 0 Å². The summed E-state index contributed by atoms with van der Waals surface area (Å²) in [5.41, 5.74) is 15.4. The molecule has 1 heterocycles. The van der Waals surface area contributed by atoms with Crippen LogP contribution in [0.5, 0.6) is 0 Å². The average Bonchev–Trinajstić information content (AvgIpc) is 3.16. The lowest BCUT2D eigenvalue weighted by Gasteiger charge is -2.33. The summed E-state index contributed by atoms with van der Waals surface area (Å²) < 4.78 is 0. The number of unbranched alkanes of at least 4 members (excludes halogenated alkanes) is 1. The summed E-state index contributed by atoms with van der Waals surface area (Å²) in [4.78, 5) is 4.83. The van der Waals surface area contributed by atoms with E-state index in [1.807, 2.05) is 12.3 Å². The van der Waals surface area contributed by atoms with Gasteiger partial charge < -0.3 is 0 Å². The van der Waals surface area contributed by atoms with Gasteiger partial charge in [0.15, 0.2) is 0 Å². The molecule has 1 heteroatoms. The van der Waals surface area contributed by atoms with Crippen molar-refractivity contribution in [3.05, 3.63) is 157 Å². The molecule has 0 saturated heterocycles. The van der Waals surface area contributed by atoms with Gasteiger partial charge in [-0.25, -0.2) is 0 Å². The van der Waals surface area contributed by atoms with Crippen LogP contribution in [0.4, 0.5) is 0 Å². The predicted octanol–water partition coefficient (Wildman–Crippen LogP) is 13.9. The molecule has 1 aromatic heterocycles. The van der Waals surface area contributed by atoms with Gasteiger partial charge in [0.2, 0.25) is 0 Å². The quantitative estimate of drug-likeness (QED) is 0.117. The van der Waals surface area contributed by atoms with Crippen molar-refractivity contribution in [3.8, 4) is 44.6 Å². The Kier molecular flexibility index (Phi) is 10.9. The van der Waals surface area contributed by atoms with Gasteiger partial charge in [0, 0.05) is 11.8 Å². The fourth-order valence-corrected chi connectivity index (χ4v) is 7.78. The molecule has 0 spiro atoms. The molecule has 0 aliphatic heterocycles. The zero-order chi connectivity index (χ0) is 34.2. The summed E-state index contributed by atoms with van der Waals surface area (Å²) in [6, 6.07) is 40.3. The van der Waals surface area contributed by atoms with Crippen LogP contribution in [0.2, 0.25) is 0 Å². The normalized spacial score (nSPS) is 14.7. The molecular formula is C48H51N.